The molecule has 10 nitrogen and oxygen atoms in total. The highest BCUT2D eigenvalue weighted by Crippen LogP contribution is 2.38. The predicted molar refractivity (Wildman–Crippen MR) is 128 cm³/mol. The van der Waals surface area contributed by atoms with Crippen LogP contribution in [0.15, 0.2) is 30.3 Å². The summed E-state index contributed by atoms with van der Waals surface area (Å²) in [6, 6.07) is 9.74. The van der Waals surface area contributed by atoms with Crippen LogP contribution in [0.2, 0.25) is 0 Å². The van der Waals surface area contributed by atoms with Gasteiger partial charge in [-0.2, -0.15) is 0 Å². The van der Waals surface area contributed by atoms with Gasteiger partial charge < -0.3 is 25.2 Å². The summed E-state index contributed by atoms with van der Waals surface area (Å²) < 4.78 is 5.11. The Balaban J connectivity index is 1.43. The third-order valence-electron chi connectivity index (χ3n) is 7.53. The van der Waals surface area contributed by atoms with E-state index in [4.69, 9.17) is 10.5 Å². The van der Waals surface area contributed by atoms with E-state index in [-0.39, 0.29) is 12.0 Å². The Kier molecular flexibility index (Phi) is 7.59. The second-order valence-electron chi connectivity index (χ2n) is 9.51. The van der Waals surface area contributed by atoms with Crippen LogP contribution < -0.4 is 5.73 Å². The van der Waals surface area contributed by atoms with Gasteiger partial charge in [0.15, 0.2) is 0 Å². The van der Waals surface area contributed by atoms with Crippen molar-refractivity contribution in [2.45, 2.75) is 50.6 Å². The van der Waals surface area contributed by atoms with E-state index in [9.17, 15) is 19.2 Å². The Bertz CT molecular complexity index is 939. The van der Waals surface area contributed by atoms with Crippen molar-refractivity contribution in [2.75, 3.05) is 45.9 Å². The molecule has 190 valence electrons. The molecule has 0 unspecified atom stereocenters. The van der Waals surface area contributed by atoms with E-state index >= 15 is 0 Å². The van der Waals surface area contributed by atoms with Crippen LogP contribution in [-0.2, 0) is 20.7 Å². The maximum absolute atomic E-state index is 13.5. The summed E-state index contributed by atoms with van der Waals surface area (Å²) in [5.74, 6) is -1.01. The van der Waals surface area contributed by atoms with Crippen LogP contribution in [0, 0.1) is 0 Å². The lowest BCUT2D eigenvalue weighted by Crippen LogP contribution is -2.59. The average Bonchev–Trinajstić information content (AvgIpc) is 3.05. The molecule has 3 fully saturated rings. The average molecular weight is 486 g/mol. The summed E-state index contributed by atoms with van der Waals surface area (Å²) >= 11 is 0. The third-order valence-corrected chi connectivity index (χ3v) is 7.53. The zero-order chi connectivity index (χ0) is 25.0. The molecule has 2 N–H and O–H groups in total. The Morgan fingerprint density at radius 1 is 1.06 bits per heavy atom. The summed E-state index contributed by atoms with van der Waals surface area (Å²) in [6.07, 6.45) is 3.10. The Hall–Kier alpha value is -3.14. The maximum Gasteiger partial charge on any atom is 0.409 e. The molecule has 0 atom stereocenters. The Morgan fingerprint density at radius 3 is 2.31 bits per heavy atom. The van der Waals surface area contributed by atoms with Gasteiger partial charge in [-0.1, -0.05) is 30.3 Å². The third kappa shape index (κ3) is 5.12. The highest BCUT2D eigenvalue weighted by atomic mass is 16.6. The number of carbonyl (C=O) groups is 4. The van der Waals surface area contributed by atoms with Crippen LogP contribution in [0.1, 0.15) is 38.2 Å². The van der Waals surface area contributed by atoms with Gasteiger partial charge in [-0.05, 0) is 44.6 Å². The lowest BCUT2D eigenvalue weighted by Gasteiger charge is -2.46. The number of rotatable bonds is 7. The Labute approximate surface area is 205 Å². The summed E-state index contributed by atoms with van der Waals surface area (Å²) in [6.45, 7) is 4.84. The van der Waals surface area contributed by atoms with Crippen LogP contribution in [-0.4, -0.2) is 101 Å². The van der Waals surface area contributed by atoms with Crippen molar-refractivity contribution in [2.24, 2.45) is 5.73 Å². The topological polar surface area (TPSA) is 116 Å². The van der Waals surface area contributed by atoms with E-state index < -0.39 is 24.0 Å². The van der Waals surface area contributed by atoms with Gasteiger partial charge in [-0.15, -0.1) is 0 Å². The lowest BCUT2D eigenvalue weighted by atomic mass is 9.84. The molecule has 35 heavy (non-hydrogen) atoms. The van der Waals surface area contributed by atoms with E-state index in [1.807, 2.05) is 30.3 Å². The zero-order valence-corrected chi connectivity index (χ0v) is 20.4. The molecular formula is C25H35N5O5. The van der Waals surface area contributed by atoms with Crippen LogP contribution in [0.5, 0.6) is 0 Å². The molecule has 0 aliphatic carbocycles. The highest BCUT2D eigenvalue weighted by Gasteiger charge is 2.58. The van der Waals surface area contributed by atoms with Crippen molar-refractivity contribution < 1.29 is 23.9 Å². The maximum atomic E-state index is 13.5. The van der Waals surface area contributed by atoms with Gasteiger partial charge in [-0.3, -0.25) is 14.5 Å². The number of imide groups is 1. The number of urea groups is 1. The quantitative estimate of drug-likeness (QED) is 0.584. The van der Waals surface area contributed by atoms with Gasteiger partial charge >= 0.3 is 12.1 Å². The number of nitrogens with zero attached hydrogens (tertiary/aromatic N) is 4. The van der Waals surface area contributed by atoms with Crippen molar-refractivity contribution in [3.63, 3.8) is 0 Å². The summed E-state index contributed by atoms with van der Waals surface area (Å²) in [5, 5.41) is 0. The number of carbonyl (C=O) groups excluding carboxylic acids is 4. The second-order valence-corrected chi connectivity index (χ2v) is 9.51. The van der Waals surface area contributed by atoms with E-state index in [0.717, 1.165) is 23.3 Å². The molecule has 1 spiro atoms. The zero-order valence-electron chi connectivity index (χ0n) is 20.4. The number of likely N-dealkylation sites (tertiary alicyclic amines) is 2. The van der Waals surface area contributed by atoms with Gasteiger partial charge in [0, 0.05) is 38.8 Å². The molecule has 10 heteroatoms. The minimum atomic E-state index is -0.941. The first-order valence-corrected chi connectivity index (χ1v) is 12.5. The van der Waals surface area contributed by atoms with Crippen molar-refractivity contribution >= 4 is 23.9 Å². The molecule has 3 heterocycles. The standard InChI is InChI=1S/C25H35N5O5/c1-2-35-24(34)28-13-9-20(10-14-28)27-16-11-25(12-17-27)22(32)29(18-21(26)31)23(33)30(25)15-8-19-6-4-3-5-7-19/h3-7,20H,2,8-18H2,1H3,(H2,26,31). The van der Waals surface area contributed by atoms with Gasteiger partial charge in [0.2, 0.25) is 5.91 Å². The number of amides is 5. The fourth-order valence-corrected chi connectivity index (χ4v) is 5.64. The highest BCUT2D eigenvalue weighted by molar-refractivity contribution is 6.09. The molecular weight excluding hydrogens is 450 g/mol. The van der Waals surface area contributed by atoms with Crippen LogP contribution in [0.25, 0.3) is 0 Å². The number of ether oxygens (including phenoxy) is 1. The predicted octanol–water partition coefficient (Wildman–Crippen LogP) is 1.43. The minimum Gasteiger partial charge on any atom is -0.450 e. The fraction of sp³-hybridized carbons (Fsp3) is 0.600. The van der Waals surface area contributed by atoms with Gasteiger partial charge in [0.05, 0.1) is 6.61 Å². The fourth-order valence-electron chi connectivity index (χ4n) is 5.64. The smallest absolute Gasteiger partial charge is 0.409 e. The monoisotopic (exact) mass is 485 g/mol. The molecule has 0 aromatic heterocycles. The molecule has 0 saturated carbocycles. The molecule has 1 aromatic carbocycles. The first-order valence-electron chi connectivity index (χ1n) is 12.5. The van der Waals surface area contributed by atoms with Crippen LogP contribution in [0.4, 0.5) is 9.59 Å². The molecule has 3 aliphatic heterocycles. The van der Waals surface area contributed by atoms with E-state index in [2.05, 4.69) is 4.90 Å². The summed E-state index contributed by atoms with van der Waals surface area (Å²) in [5.41, 5.74) is 5.49. The normalized spacial score (nSPS) is 21.1. The van der Waals surface area contributed by atoms with Gasteiger partial charge in [-0.25, -0.2) is 9.59 Å². The van der Waals surface area contributed by atoms with Crippen molar-refractivity contribution in [1.82, 2.24) is 19.6 Å². The van der Waals surface area contributed by atoms with Crippen molar-refractivity contribution in [1.29, 1.82) is 0 Å². The van der Waals surface area contributed by atoms with E-state index in [0.29, 0.717) is 64.6 Å². The van der Waals surface area contributed by atoms with Crippen molar-refractivity contribution in [3.05, 3.63) is 35.9 Å². The number of primary amides is 1. The molecule has 4 rings (SSSR count). The number of hydrogen-bond donors (Lipinski definition) is 1. The van der Waals surface area contributed by atoms with Gasteiger partial charge in [0.25, 0.3) is 5.91 Å². The number of nitrogens with two attached hydrogens (primary N) is 1. The molecule has 5 amide bonds. The minimum absolute atomic E-state index is 0.262. The van der Waals surface area contributed by atoms with Crippen LogP contribution in [0.3, 0.4) is 0 Å². The molecule has 3 saturated heterocycles. The second kappa shape index (κ2) is 10.6. The largest absolute Gasteiger partial charge is 0.450 e. The van der Waals surface area contributed by atoms with E-state index in [1.54, 1.807) is 16.7 Å². The van der Waals surface area contributed by atoms with E-state index in [1.165, 1.54) is 0 Å². The molecule has 0 radical (unpaired) electrons. The summed E-state index contributed by atoms with van der Waals surface area (Å²) in [4.78, 5) is 57.1. The molecule has 1 aromatic rings. The number of piperidine rings is 2. The Morgan fingerprint density at radius 2 is 1.71 bits per heavy atom. The SMILES string of the molecule is CCOC(=O)N1CCC(N2CCC3(CC2)C(=O)N(CC(N)=O)C(=O)N3CCc2ccccc2)CC1. The molecule has 0 bridgehead atoms. The number of hydrogen-bond acceptors (Lipinski definition) is 6. The van der Waals surface area contributed by atoms with Crippen molar-refractivity contribution in [3.8, 4) is 0 Å². The lowest BCUT2D eigenvalue weighted by molar-refractivity contribution is -0.138. The molecule has 3 aliphatic rings. The van der Waals surface area contributed by atoms with Gasteiger partial charge in [0.1, 0.15) is 12.1 Å². The van der Waals surface area contributed by atoms with Crippen LogP contribution >= 0.6 is 0 Å². The summed E-state index contributed by atoms with van der Waals surface area (Å²) in [7, 11) is 0. The first-order chi connectivity index (χ1) is 16.9. The number of benzene rings is 1. The first kappa shape index (κ1) is 25.0.